The van der Waals surface area contributed by atoms with E-state index in [2.05, 4.69) is 21.0 Å². The molecule has 0 bridgehead atoms. The molecule has 0 saturated carbocycles. The Bertz CT molecular complexity index is 676. The molecule has 5 nitrogen and oxygen atoms in total. The summed E-state index contributed by atoms with van der Waals surface area (Å²) < 4.78 is 3.22. The Morgan fingerprint density at radius 1 is 1.35 bits per heavy atom. The molecule has 1 aromatic heterocycles. The molecule has 0 unspecified atom stereocenters. The van der Waals surface area contributed by atoms with Gasteiger partial charge in [-0.3, -0.25) is 9.36 Å². The number of nitrogens with zero attached hydrogens (tertiary/aromatic N) is 3. The zero-order valence-corrected chi connectivity index (χ0v) is 13.2. The first-order chi connectivity index (χ1) is 9.47. The minimum atomic E-state index is -0.243. The predicted octanol–water partition coefficient (Wildman–Crippen LogP) is 2.49. The van der Waals surface area contributed by atoms with Gasteiger partial charge in [-0.1, -0.05) is 23.7 Å². The number of Topliss-reactive ketones (excluding diaryl/α,β-unsaturated/α-hetero) is 1. The van der Waals surface area contributed by atoms with Crippen LogP contribution in [0.2, 0.25) is 5.02 Å². The lowest BCUT2D eigenvalue weighted by Crippen LogP contribution is -2.26. The second kappa shape index (κ2) is 6.37. The van der Waals surface area contributed by atoms with Crippen LogP contribution in [0, 0.1) is 0 Å². The van der Waals surface area contributed by atoms with E-state index in [4.69, 9.17) is 11.6 Å². The topological polar surface area (TPSA) is 56.9 Å². The van der Waals surface area contributed by atoms with Crippen LogP contribution in [0.1, 0.15) is 18.9 Å². The van der Waals surface area contributed by atoms with Crippen molar-refractivity contribution in [2.45, 2.75) is 26.4 Å². The van der Waals surface area contributed by atoms with Crippen LogP contribution in [-0.2, 0) is 17.9 Å². The van der Waals surface area contributed by atoms with E-state index in [0.29, 0.717) is 29.3 Å². The molecule has 1 heterocycles. The lowest BCUT2D eigenvalue weighted by Gasteiger charge is -2.01. The maximum absolute atomic E-state index is 12.2. The molecular weight excluding hydrogens is 346 g/mol. The van der Waals surface area contributed by atoms with Crippen LogP contribution in [0.25, 0.3) is 0 Å². The monoisotopic (exact) mass is 357 g/mol. The van der Waals surface area contributed by atoms with E-state index >= 15 is 0 Å². The molecule has 0 N–H and O–H groups in total. The number of carbonyl (C=O) groups excluding carboxylic acids is 1. The number of aromatic nitrogens is 3. The van der Waals surface area contributed by atoms with Gasteiger partial charge in [-0.05, 0) is 40.5 Å². The highest BCUT2D eigenvalue weighted by molar-refractivity contribution is 9.10. The molecule has 0 fully saturated rings. The summed E-state index contributed by atoms with van der Waals surface area (Å²) in [5, 5.41) is 4.79. The summed E-state index contributed by atoms with van der Waals surface area (Å²) in [7, 11) is 0. The van der Waals surface area contributed by atoms with Gasteiger partial charge in [0.2, 0.25) is 4.73 Å². The molecule has 0 aliphatic rings. The Labute approximate surface area is 129 Å². The van der Waals surface area contributed by atoms with Crippen molar-refractivity contribution in [2.24, 2.45) is 0 Å². The van der Waals surface area contributed by atoms with Crippen molar-refractivity contribution < 1.29 is 4.79 Å². The molecule has 106 valence electrons. The summed E-state index contributed by atoms with van der Waals surface area (Å²) in [5.74, 6) is 0.0363. The number of rotatable bonds is 5. The number of hydrogen-bond donors (Lipinski definition) is 0. The minimum absolute atomic E-state index is 0.0363. The van der Waals surface area contributed by atoms with Crippen molar-refractivity contribution >= 4 is 33.3 Å². The molecule has 2 aromatic rings. The largest absolute Gasteiger partial charge is 0.346 e. The van der Waals surface area contributed by atoms with E-state index in [1.165, 1.54) is 16.2 Å². The van der Waals surface area contributed by atoms with Crippen LogP contribution in [0.15, 0.2) is 33.8 Å². The SMILES string of the molecule is CC(=O)CCn1c(Br)nn(Cc2ccc(Cl)cc2)c1=O. The van der Waals surface area contributed by atoms with Crippen LogP contribution in [0.4, 0.5) is 0 Å². The van der Waals surface area contributed by atoms with Gasteiger partial charge < -0.3 is 0 Å². The van der Waals surface area contributed by atoms with Crippen molar-refractivity contribution in [1.82, 2.24) is 14.3 Å². The smallest absolute Gasteiger partial charge is 0.300 e. The molecular formula is C13H13BrClN3O2. The van der Waals surface area contributed by atoms with Gasteiger partial charge in [-0.25, -0.2) is 9.48 Å². The van der Waals surface area contributed by atoms with E-state index in [1.807, 2.05) is 12.1 Å². The van der Waals surface area contributed by atoms with E-state index < -0.39 is 0 Å². The Morgan fingerprint density at radius 2 is 2.00 bits per heavy atom. The molecule has 0 amide bonds. The Balaban J connectivity index is 2.21. The van der Waals surface area contributed by atoms with Crippen molar-refractivity contribution in [1.29, 1.82) is 0 Å². The quantitative estimate of drug-likeness (QED) is 0.825. The van der Waals surface area contributed by atoms with Gasteiger partial charge >= 0.3 is 5.69 Å². The highest BCUT2D eigenvalue weighted by atomic mass is 79.9. The number of benzene rings is 1. The molecule has 1 aromatic carbocycles. The molecule has 0 aliphatic heterocycles. The highest BCUT2D eigenvalue weighted by Gasteiger charge is 2.11. The molecule has 0 aliphatic carbocycles. The summed E-state index contributed by atoms with van der Waals surface area (Å²) in [6, 6.07) is 7.22. The normalized spacial score (nSPS) is 10.8. The van der Waals surface area contributed by atoms with Gasteiger partial charge in [-0.2, -0.15) is 0 Å². The lowest BCUT2D eigenvalue weighted by molar-refractivity contribution is -0.117. The zero-order valence-electron chi connectivity index (χ0n) is 10.8. The first kappa shape index (κ1) is 15.0. The molecule has 20 heavy (non-hydrogen) atoms. The van der Waals surface area contributed by atoms with Crippen molar-refractivity contribution in [3.63, 3.8) is 0 Å². The van der Waals surface area contributed by atoms with Gasteiger partial charge in [0.05, 0.1) is 6.54 Å². The molecule has 0 saturated heterocycles. The van der Waals surface area contributed by atoms with Crippen LogP contribution in [-0.4, -0.2) is 20.1 Å². The molecule has 0 atom stereocenters. The Hall–Kier alpha value is -1.40. The summed E-state index contributed by atoms with van der Waals surface area (Å²) in [4.78, 5) is 23.2. The van der Waals surface area contributed by atoms with Gasteiger partial charge in [0.15, 0.2) is 0 Å². The van der Waals surface area contributed by atoms with E-state index in [1.54, 1.807) is 12.1 Å². The number of hydrogen-bond acceptors (Lipinski definition) is 3. The fourth-order valence-corrected chi connectivity index (χ4v) is 2.38. The maximum Gasteiger partial charge on any atom is 0.346 e. The Kier molecular flexibility index (Phi) is 4.77. The fourth-order valence-electron chi connectivity index (χ4n) is 1.74. The van der Waals surface area contributed by atoms with Gasteiger partial charge in [0.1, 0.15) is 5.78 Å². The van der Waals surface area contributed by atoms with E-state index in [9.17, 15) is 9.59 Å². The average molecular weight is 359 g/mol. The third-order valence-electron chi connectivity index (χ3n) is 2.81. The third-order valence-corrected chi connectivity index (χ3v) is 3.65. The summed E-state index contributed by atoms with van der Waals surface area (Å²) in [6.07, 6.45) is 0.311. The minimum Gasteiger partial charge on any atom is -0.300 e. The van der Waals surface area contributed by atoms with E-state index in [0.717, 1.165) is 5.56 Å². The molecule has 0 spiro atoms. The summed E-state index contributed by atoms with van der Waals surface area (Å²) >= 11 is 9.06. The van der Waals surface area contributed by atoms with Crippen LogP contribution in [0.3, 0.4) is 0 Å². The third kappa shape index (κ3) is 3.58. The lowest BCUT2D eigenvalue weighted by atomic mass is 10.2. The first-order valence-electron chi connectivity index (χ1n) is 6.04. The molecule has 2 rings (SSSR count). The van der Waals surface area contributed by atoms with Gasteiger partial charge in [0, 0.05) is 18.0 Å². The van der Waals surface area contributed by atoms with Gasteiger partial charge in [-0.15, -0.1) is 5.10 Å². The van der Waals surface area contributed by atoms with Crippen molar-refractivity contribution in [3.8, 4) is 0 Å². The van der Waals surface area contributed by atoms with Crippen LogP contribution in [0.5, 0.6) is 0 Å². The maximum atomic E-state index is 12.2. The van der Waals surface area contributed by atoms with Gasteiger partial charge in [0.25, 0.3) is 0 Å². The molecule has 7 heteroatoms. The van der Waals surface area contributed by atoms with E-state index in [-0.39, 0.29) is 11.5 Å². The number of ketones is 1. The Morgan fingerprint density at radius 3 is 2.60 bits per heavy atom. The van der Waals surface area contributed by atoms with Crippen molar-refractivity contribution in [3.05, 3.63) is 50.1 Å². The molecule has 0 radical (unpaired) electrons. The fraction of sp³-hybridized carbons (Fsp3) is 0.308. The summed E-state index contributed by atoms with van der Waals surface area (Å²) in [5.41, 5.74) is 0.688. The highest BCUT2D eigenvalue weighted by Crippen LogP contribution is 2.11. The number of halogens is 2. The van der Waals surface area contributed by atoms with Crippen molar-refractivity contribution in [2.75, 3.05) is 0 Å². The van der Waals surface area contributed by atoms with Crippen LogP contribution >= 0.6 is 27.5 Å². The standard InChI is InChI=1S/C13H13BrClN3O2/c1-9(19)6-7-17-12(14)16-18(13(17)20)8-10-2-4-11(15)5-3-10/h2-5H,6-8H2,1H3. The number of carbonyl (C=O) groups is 1. The zero-order chi connectivity index (χ0) is 14.7. The average Bonchev–Trinajstić information content (AvgIpc) is 2.65. The second-order valence-electron chi connectivity index (χ2n) is 4.44. The van der Waals surface area contributed by atoms with Crippen LogP contribution < -0.4 is 5.69 Å². The summed E-state index contributed by atoms with van der Waals surface area (Å²) in [6.45, 7) is 2.19. The first-order valence-corrected chi connectivity index (χ1v) is 7.21. The predicted molar refractivity (Wildman–Crippen MR) is 80.0 cm³/mol. The second-order valence-corrected chi connectivity index (χ2v) is 5.59.